The first-order valence-corrected chi connectivity index (χ1v) is 11.9. The summed E-state index contributed by atoms with van der Waals surface area (Å²) >= 11 is 6.28. The van der Waals surface area contributed by atoms with Gasteiger partial charge in [0.05, 0.1) is 6.20 Å². The average molecular weight is 483 g/mol. The van der Waals surface area contributed by atoms with Crippen LogP contribution in [0.4, 0.5) is 28.1 Å². The zero-order valence-corrected chi connectivity index (χ0v) is 20.8. The second kappa shape index (κ2) is 10.3. The Morgan fingerprint density at radius 1 is 1.15 bits per heavy atom. The molecule has 0 atom stereocenters. The predicted octanol–water partition coefficient (Wildman–Crippen LogP) is 5.17. The lowest BCUT2D eigenvalue weighted by Gasteiger charge is -2.33. The topological polar surface area (TPSA) is 111 Å². The fourth-order valence-corrected chi connectivity index (χ4v) is 4.45. The molecule has 0 saturated carbocycles. The molecule has 0 radical (unpaired) electrons. The minimum Gasteiger partial charge on any atom is -0.338 e. The molecule has 0 bridgehead atoms. The van der Waals surface area contributed by atoms with Crippen LogP contribution in [0.1, 0.15) is 48.1 Å². The predicted molar refractivity (Wildman–Crippen MR) is 135 cm³/mol. The van der Waals surface area contributed by atoms with Gasteiger partial charge in [-0.15, -0.1) is 0 Å². The number of amides is 2. The van der Waals surface area contributed by atoms with Crippen molar-refractivity contribution in [2.24, 2.45) is 0 Å². The largest absolute Gasteiger partial charge is 0.338 e. The molecule has 2 aromatic heterocycles. The van der Waals surface area contributed by atoms with Crippen molar-refractivity contribution >= 4 is 40.9 Å². The van der Waals surface area contributed by atoms with Gasteiger partial charge in [-0.2, -0.15) is 10.1 Å². The first-order valence-electron chi connectivity index (χ1n) is 11.6. The van der Waals surface area contributed by atoms with E-state index in [2.05, 4.69) is 62.1 Å². The molecule has 0 aliphatic carbocycles. The van der Waals surface area contributed by atoms with E-state index in [0.29, 0.717) is 35.1 Å². The Balaban J connectivity index is 1.46. The summed E-state index contributed by atoms with van der Waals surface area (Å²) in [6.07, 6.45) is 3.50. The SMILES string of the molecule is CCNC(=O)N1CCC(c2cc(C)c(Nc3ncc(Cl)c(Nc4cc(C)[nH]n4)n3)cc2C)CC1. The van der Waals surface area contributed by atoms with Gasteiger partial charge in [0.15, 0.2) is 11.6 Å². The second-order valence-electron chi connectivity index (χ2n) is 8.70. The van der Waals surface area contributed by atoms with Crippen LogP contribution >= 0.6 is 11.6 Å². The van der Waals surface area contributed by atoms with Crippen molar-refractivity contribution in [3.05, 3.63) is 51.8 Å². The molecule has 1 saturated heterocycles. The summed E-state index contributed by atoms with van der Waals surface area (Å²) in [6, 6.07) is 6.29. The van der Waals surface area contributed by atoms with Crippen LogP contribution in [0.5, 0.6) is 0 Å². The van der Waals surface area contributed by atoms with E-state index in [1.54, 1.807) is 6.20 Å². The molecule has 1 fully saturated rings. The summed E-state index contributed by atoms with van der Waals surface area (Å²) in [7, 11) is 0. The van der Waals surface area contributed by atoms with Crippen LogP contribution in [0.3, 0.4) is 0 Å². The van der Waals surface area contributed by atoms with Crippen LogP contribution in [0.25, 0.3) is 0 Å². The number of aromatic amines is 1. The summed E-state index contributed by atoms with van der Waals surface area (Å²) in [5.41, 5.74) is 5.55. The van der Waals surface area contributed by atoms with Crippen LogP contribution < -0.4 is 16.0 Å². The third kappa shape index (κ3) is 5.41. The number of hydrogen-bond donors (Lipinski definition) is 4. The molecule has 1 aliphatic rings. The third-order valence-electron chi connectivity index (χ3n) is 6.11. The van der Waals surface area contributed by atoms with Gasteiger partial charge in [-0.1, -0.05) is 17.7 Å². The number of rotatable bonds is 6. The minimum atomic E-state index is 0.0349. The number of urea groups is 1. The van der Waals surface area contributed by atoms with Crippen molar-refractivity contribution < 1.29 is 4.79 Å². The second-order valence-corrected chi connectivity index (χ2v) is 9.10. The number of H-pyrrole nitrogens is 1. The molecule has 3 aromatic rings. The van der Waals surface area contributed by atoms with Crippen LogP contribution in [-0.2, 0) is 0 Å². The Kier molecular flexibility index (Phi) is 7.21. The third-order valence-corrected chi connectivity index (χ3v) is 6.38. The Hall–Kier alpha value is -3.33. The highest BCUT2D eigenvalue weighted by molar-refractivity contribution is 6.32. The molecule has 2 amide bonds. The maximum atomic E-state index is 12.1. The van der Waals surface area contributed by atoms with Crippen molar-refractivity contribution in [2.75, 3.05) is 30.3 Å². The smallest absolute Gasteiger partial charge is 0.317 e. The molecule has 9 nitrogen and oxygen atoms in total. The van der Waals surface area contributed by atoms with Crippen LogP contribution in [0.2, 0.25) is 5.02 Å². The van der Waals surface area contributed by atoms with E-state index < -0.39 is 0 Å². The van der Waals surface area contributed by atoms with Gasteiger partial charge in [0, 0.05) is 37.1 Å². The number of anilines is 4. The van der Waals surface area contributed by atoms with E-state index in [-0.39, 0.29) is 6.03 Å². The molecule has 4 N–H and O–H groups in total. The van der Waals surface area contributed by atoms with Gasteiger partial charge in [0.1, 0.15) is 5.02 Å². The molecular formula is C24H31ClN8O. The van der Waals surface area contributed by atoms with Crippen molar-refractivity contribution in [2.45, 2.75) is 46.5 Å². The van der Waals surface area contributed by atoms with Gasteiger partial charge in [-0.3, -0.25) is 5.10 Å². The monoisotopic (exact) mass is 482 g/mol. The number of hydrogen-bond acceptors (Lipinski definition) is 6. The zero-order chi connectivity index (χ0) is 24.2. The van der Waals surface area contributed by atoms with E-state index in [0.717, 1.165) is 42.9 Å². The highest BCUT2D eigenvalue weighted by Gasteiger charge is 2.25. The van der Waals surface area contributed by atoms with E-state index >= 15 is 0 Å². The maximum absolute atomic E-state index is 12.1. The van der Waals surface area contributed by atoms with Crippen LogP contribution in [0.15, 0.2) is 24.4 Å². The van der Waals surface area contributed by atoms with Gasteiger partial charge in [-0.25, -0.2) is 9.78 Å². The fourth-order valence-electron chi connectivity index (χ4n) is 4.31. The van der Waals surface area contributed by atoms with Gasteiger partial charge >= 0.3 is 6.03 Å². The Labute approximate surface area is 204 Å². The van der Waals surface area contributed by atoms with Crippen molar-refractivity contribution in [3.8, 4) is 0 Å². The molecule has 0 unspecified atom stereocenters. The van der Waals surface area contributed by atoms with Crippen LogP contribution in [0, 0.1) is 20.8 Å². The Morgan fingerprint density at radius 2 is 1.91 bits per heavy atom. The number of nitrogens with zero attached hydrogens (tertiary/aromatic N) is 4. The molecule has 3 heterocycles. The molecule has 1 aromatic carbocycles. The number of piperidine rings is 1. The van der Waals surface area contributed by atoms with Gasteiger partial charge < -0.3 is 20.9 Å². The number of carbonyl (C=O) groups excluding carboxylic acids is 1. The highest BCUT2D eigenvalue weighted by atomic mass is 35.5. The molecule has 10 heteroatoms. The summed E-state index contributed by atoms with van der Waals surface area (Å²) in [5, 5.41) is 16.8. The highest BCUT2D eigenvalue weighted by Crippen LogP contribution is 2.34. The average Bonchev–Trinajstić information content (AvgIpc) is 3.23. The fraction of sp³-hybridized carbons (Fsp3) is 0.417. The van der Waals surface area contributed by atoms with Crippen molar-refractivity contribution in [1.82, 2.24) is 30.4 Å². The molecule has 4 rings (SSSR count). The summed E-state index contributed by atoms with van der Waals surface area (Å²) in [6.45, 7) is 10.3. The van der Waals surface area contributed by atoms with Crippen molar-refractivity contribution in [1.29, 1.82) is 0 Å². The van der Waals surface area contributed by atoms with Crippen molar-refractivity contribution in [3.63, 3.8) is 0 Å². The number of halogens is 1. The maximum Gasteiger partial charge on any atom is 0.317 e. The van der Waals surface area contributed by atoms with Gasteiger partial charge in [0.2, 0.25) is 5.95 Å². The minimum absolute atomic E-state index is 0.0349. The normalized spacial score (nSPS) is 14.2. The standard InChI is InChI=1S/C24H31ClN8O/c1-5-26-24(34)33-8-6-17(7-9-33)18-10-15(3)20(11-14(18)2)28-23-27-13-19(25)22(30-23)29-21-12-16(4)31-32-21/h10-13,17H,5-9H2,1-4H3,(H,26,34)(H3,27,28,29,30,31,32). The number of carbonyl (C=O) groups is 1. The zero-order valence-electron chi connectivity index (χ0n) is 20.0. The lowest BCUT2D eigenvalue weighted by molar-refractivity contribution is 0.182. The summed E-state index contributed by atoms with van der Waals surface area (Å²) in [4.78, 5) is 22.9. The number of aryl methyl sites for hydroxylation is 3. The van der Waals surface area contributed by atoms with Gasteiger partial charge in [-0.05, 0) is 69.2 Å². The quantitative estimate of drug-likeness (QED) is 0.385. The van der Waals surface area contributed by atoms with E-state index in [9.17, 15) is 4.79 Å². The lowest BCUT2D eigenvalue weighted by Crippen LogP contribution is -2.44. The molecule has 180 valence electrons. The summed E-state index contributed by atoms with van der Waals surface area (Å²) in [5.74, 6) is 2.01. The lowest BCUT2D eigenvalue weighted by atomic mass is 9.85. The first-order chi connectivity index (χ1) is 16.3. The number of nitrogens with one attached hydrogen (secondary N) is 4. The first kappa shape index (κ1) is 23.8. The van der Waals surface area contributed by atoms with E-state index in [1.807, 2.05) is 24.8 Å². The Morgan fingerprint density at radius 3 is 2.59 bits per heavy atom. The summed E-state index contributed by atoms with van der Waals surface area (Å²) < 4.78 is 0. The van der Waals surface area contributed by atoms with Gasteiger partial charge in [0.25, 0.3) is 0 Å². The molecule has 0 spiro atoms. The Bertz CT molecular complexity index is 1170. The number of likely N-dealkylation sites (tertiary alicyclic amines) is 1. The van der Waals surface area contributed by atoms with E-state index in [1.165, 1.54) is 11.1 Å². The van der Waals surface area contributed by atoms with Crippen LogP contribution in [-0.4, -0.2) is 50.7 Å². The number of benzene rings is 1. The molecule has 34 heavy (non-hydrogen) atoms. The molecular weight excluding hydrogens is 452 g/mol. The van der Waals surface area contributed by atoms with E-state index in [4.69, 9.17) is 11.6 Å². The molecule has 1 aliphatic heterocycles. The number of aromatic nitrogens is 4.